The van der Waals surface area contributed by atoms with Gasteiger partial charge in [-0.05, 0) is 44.0 Å². The fourth-order valence-electron chi connectivity index (χ4n) is 2.67. The summed E-state index contributed by atoms with van der Waals surface area (Å²) < 4.78 is 56.2. The molecule has 2 rings (SSSR count). The van der Waals surface area contributed by atoms with Crippen LogP contribution in [0.25, 0.3) is 0 Å². The van der Waals surface area contributed by atoms with Crippen molar-refractivity contribution in [3.8, 4) is 5.75 Å². The number of benzene rings is 1. The van der Waals surface area contributed by atoms with Gasteiger partial charge in [-0.3, -0.25) is 0 Å². The van der Waals surface area contributed by atoms with Crippen molar-refractivity contribution in [2.45, 2.75) is 31.3 Å². The Hall–Kier alpha value is -1.25. The Morgan fingerprint density at radius 1 is 1.26 bits per heavy atom. The van der Waals surface area contributed by atoms with E-state index in [0.717, 1.165) is 19.6 Å². The topological polar surface area (TPSA) is 58.6 Å². The lowest BCUT2D eigenvalue weighted by molar-refractivity contribution is -0.0517. The van der Waals surface area contributed by atoms with Crippen LogP contribution in [0.5, 0.6) is 5.75 Å². The molecule has 1 heterocycles. The van der Waals surface area contributed by atoms with Gasteiger partial charge in [-0.2, -0.15) is 8.78 Å². The van der Waals surface area contributed by atoms with Crippen molar-refractivity contribution < 1.29 is 21.9 Å². The van der Waals surface area contributed by atoms with Crippen LogP contribution >= 0.6 is 0 Å². The van der Waals surface area contributed by atoms with Gasteiger partial charge in [0.25, 0.3) is 0 Å². The van der Waals surface area contributed by atoms with Crippen LogP contribution in [0, 0.1) is 5.92 Å². The lowest BCUT2D eigenvalue weighted by atomic mass is 10.2. The Morgan fingerprint density at radius 3 is 2.57 bits per heavy atom. The van der Waals surface area contributed by atoms with Crippen molar-refractivity contribution >= 4 is 10.0 Å². The Bertz CT molecular complexity index is 604. The van der Waals surface area contributed by atoms with Gasteiger partial charge in [-0.1, -0.05) is 19.1 Å². The highest BCUT2D eigenvalue weighted by Gasteiger charge is 2.22. The monoisotopic (exact) mass is 348 g/mol. The van der Waals surface area contributed by atoms with Gasteiger partial charge < -0.3 is 9.64 Å². The van der Waals surface area contributed by atoms with Gasteiger partial charge >= 0.3 is 6.61 Å². The van der Waals surface area contributed by atoms with Crippen LogP contribution in [0.1, 0.15) is 19.8 Å². The minimum atomic E-state index is -3.89. The molecule has 23 heavy (non-hydrogen) atoms. The van der Waals surface area contributed by atoms with E-state index in [0.29, 0.717) is 0 Å². The summed E-state index contributed by atoms with van der Waals surface area (Å²) in [6.07, 6.45) is 2.35. The fourth-order valence-corrected chi connectivity index (χ4v) is 3.96. The molecule has 8 heteroatoms. The molecule has 1 aromatic rings. The van der Waals surface area contributed by atoms with E-state index in [1.807, 2.05) is 6.92 Å². The van der Waals surface area contributed by atoms with Crippen molar-refractivity contribution in [3.63, 3.8) is 0 Å². The molecule has 0 spiro atoms. The van der Waals surface area contributed by atoms with Crippen LogP contribution in [-0.4, -0.2) is 46.1 Å². The van der Waals surface area contributed by atoms with Crippen LogP contribution < -0.4 is 9.46 Å². The highest BCUT2D eigenvalue weighted by atomic mass is 32.2. The Labute approximate surface area is 135 Å². The molecule has 130 valence electrons. The maximum atomic E-state index is 12.4. The Balaban J connectivity index is 1.98. The molecule has 0 radical (unpaired) electrons. The number of hydrogen-bond acceptors (Lipinski definition) is 4. The van der Waals surface area contributed by atoms with Crippen molar-refractivity contribution in [1.29, 1.82) is 0 Å². The van der Waals surface area contributed by atoms with Gasteiger partial charge in [0.05, 0.1) is 0 Å². The highest BCUT2D eigenvalue weighted by molar-refractivity contribution is 7.89. The van der Waals surface area contributed by atoms with Crippen molar-refractivity contribution in [2.75, 3.05) is 26.2 Å². The van der Waals surface area contributed by atoms with E-state index in [4.69, 9.17) is 0 Å². The maximum absolute atomic E-state index is 12.4. The number of halogens is 2. The van der Waals surface area contributed by atoms with Crippen LogP contribution in [0.3, 0.4) is 0 Å². The molecule has 1 N–H and O–H groups in total. The zero-order chi connectivity index (χ0) is 16.9. The van der Waals surface area contributed by atoms with Crippen LogP contribution in [0.15, 0.2) is 29.2 Å². The lowest BCUT2D eigenvalue weighted by Gasteiger charge is -2.20. The quantitative estimate of drug-likeness (QED) is 0.783. The molecule has 1 aromatic carbocycles. The molecular weight excluding hydrogens is 326 g/mol. The van der Waals surface area contributed by atoms with Gasteiger partial charge in [0.15, 0.2) is 0 Å². The number of alkyl halides is 2. The summed E-state index contributed by atoms with van der Waals surface area (Å²) in [6, 6.07) is 5.40. The third kappa shape index (κ3) is 5.40. The summed E-state index contributed by atoms with van der Waals surface area (Å²) in [4.78, 5) is 2.03. The summed E-state index contributed by atoms with van der Waals surface area (Å²) in [5.41, 5.74) is 0. The smallest absolute Gasteiger partial charge is 0.387 e. The first-order valence-electron chi connectivity index (χ1n) is 7.64. The van der Waals surface area contributed by atoms with E-state index >= 15 is 0 Å². The first kappa shape index (κ1) is 18.1. The Kier molecular flexibility index (Phi) is 6.32. The maximum Gasteiger partial charge on any atom is 0.387 e. The number of nitrogens with one attached hydrogen (secondary N) is 1. The van der Waals surface area contributed by atoms with E-state index in [1.54, 1.807) is 0 Å². The van der Waals surface area contributed by atoms with Gasteiger partial charge in [0.2, 0.25) is 10.0 Å². The highest BCUT2D eigenvalue weighted by Crippen LogP contribution is 2.24. The molecule has 5 nitrogen and oxygen atoms in total. The molecule has 1 aliphatic rings. The van der Waals surface area contributed by atoms with Crippen LogP contribution in [0.4, 0.5) is 8.78 Å². The molecule has 1 aliphatic heterocycles. The normalized spacial score (nSPS) is 17.6. The molecule has 1 unspecified atom stereocenters. The van der Waals surface area contributed by atoms with Crippen molar-refractivity contribution in [3.05, 3.63) is 24.3 Å². The predicted molar refractivity (Wildman–Crippen MR) is 83.1 cm³/mol. The third-order valence-corrected chi connectivity index (χ3v) is 5.21. The molecule has 0 saturated carbocycles. The predicted octanol–water partition coefficient (Wildman–Crippen LogP) is 2.30. The Morgan fingerprint density at radius 2 is 1.91 bits per heavy atom. The third-order valence-electron chi connectivity index (χ3n) is 3.75. The summed E-state index contributed by atoms with van der Waals surface area (Å²) in [7, 11) is -3.89. The summed E-state index contributed by atoms with van der Waals surface area (Å²) >= 11 is 0. The molecule has 0 aliphatic carbocycles. The van der Waals surface area contributed by atoms with Crippen LogP contribution in [-0.2, 0) is 10.0 Å². The second kappa shape index (κ2) is 8.03. The summed E-state index contributed by atoms with van der Waals surface area (Å²) in [5.74, 6) is -0.215. The lowest BCUT2D eigenvalue weighted by Crippen LogP contribution is -2.34. The van der Waals surface area contributed by atoms with Crippen molar-refractivity contribution in [1.82, 2.24) is 9.62 Å². The van der Waals surface area contributed by atoms with E-state index in [9.17, 15) is 17.2 Å². The average Bonchev–Trinajstić information content (AvgIpc) is 2.98. The van der Waals surface area contributed by atoms with E-state index in [-0.39, 0.29) is 23.1 Å². The first-order chi connectivity index (χ1) is 10.9. The summed E-state index contributed by atoms with van der Waals surface area (Å²) in [5, 5.41) is 0. The fraction of sp³-hybridized carbons (Fsp3) is 0.600. The zero-order valence-corrected chi connectivity index (χ0v) is 13.9. The largest absolute Gasteiger partial charge is 0.433 e. The standard InChI is InChI=1S/C15H22F2N2O3S/c1-12(11-19-8-4-5-9-19)10-18-23(20,21)14-7-3-2-6-13(14)22-15(16)17/h2-3,6-7,12,15,18H,4-5,8-11H2,1H3. The zero-order valence-electron chi connectivity index (χ0n) is 13.0. The molecule has 1 saturated heterocycles. The number of para-hydroxylation sites is 1. The molecule has 0 bridgehead atoms. The number of hydrogen-bond donors (Lipinski definition) is 1. The second-order valence-corrected chi connectivity index (χ2v) is 7.53. The van der Waals surface area contributed by atoms with E-state index in [2.05, 4.69) is 14.4 Å². The second-order valence-electron chi connectivity index (χ2n) is 5.79. The van der Waals surface area contributed by atoms with E-state index < -0.39 is 16.6 Å². The molecule has 1 fully saturated rings. The minimum absolute atomic E-state index is 0.131. The SMILES string of the molecule is CC(CNS(=O)(=O)c1ccccc1OC(F)F)CN1CCCC1. The average molecular weight is 348 g/mol. The number of ether oxygens (including phenoxy) is 1. The van der Waals surface area contributed by atoms with Gasteiger partial charge in [-0.15, -0.1) is 0 Å². The molecule has 1 atom stereocenters. The van der Waals surface area contributed by atoms with Gasteiger partial charge in [0.1, 0.15) is 10.6 Å². The minimum Gasteiger partial charge on any atom is -0.433 e. The van der Waals surface area contributed by atoms with E-state index in [1.165, 1.54) is 37.1 Å². The number of nitrogens with zero attached hydrogens (tertiary/aromatic N) is 1. The molecule has 0 aromatic heterocycles. The van der Waals surface area contributed by atoms with Gasteiger partial charge in [0, 0.05) is 13.1 Å². The molecular formula is C15H22F2N2O3S. The first-order valence-corrected chi connectivity index (χ1v) is 9.12. The number of likely N-dealkylation sites (tertiary alicyclic amines) is 1. The number of rotatable bonds is 8. The van der Waals surface area contributed by atoms with Crippen molar-refractivity contribution in [2.24, 2.45) is 5.92 Å². The number of sulfonamides is 1. The van der Waals surface area contributed by atoms with Gasteiger partial charge in [-0.25, -0.2) is 13.1 Å². The summed E-state index contributed by atoms with van der Waals surface area (Å²) in [6.45, 7) is 2.05. The molecule has 0 amide bonds. The van der Waals surface area contributed by atoms with Crippen LogP contribution in [0.2, 0.25) is 0 Å².